The first-order valence-electron chi connectivity index (χ1n) is 6.31. The van der Waals surface area contributed by atoms with Crippen molar-refractivity contribution in [2.24, 2.45) is 5.92 Å². The highest BCUT2D eigenvalue weighted by Crippen LogP contribution is 2.30. The molecule has 4 nitrogen and oxygen atoms in total. The van der Waals surface area contributed by atoms with Crippen molar-refractivity contribution < 1.29 is 14.6 Å². The molecule has 2 rings (SSSR count). The lowest BCUT2D eigenvalue weighted by Gasteiger charge is -2.37. The maximum Gasteiger partial charge on any atom is 0.304 e. The van der Waals surface area contributed by atoms with Crippen LogP contribution in [0, 0.1) is 5.92 Å². The molecule has 0 amide bonds. The Morgan fingerprint density at radius 1 is 1.38 bits per heavy atom. The molecule has 4 heteroatoms. The molecule has 0 aromatic rings. The van der Waals surface area contributed by atoms with Crippen molar-refractivity contribution in [1.82, 2.24) is 4.90 Å². The van der Waals surface area contributed by atoms with Crippen molar-refractivity contribution in [3.63, 3.8) is 0 Å². The summed E-state index contributed by atoms with van der Waals surface area (Å²) in [6.07, 6.45) is 5.30. The van der Waals surface area contributed by atoms with E-state index in [1.165, 1.54) is 25.7 Å². The zero-order valence-corrected chi connectivity index (χ0v) is 9.73. The molecule has 2 atom stereocenters. The predicted molar refractivity (Wildman–Crippen MR) is 60.4 cm³/mol. The molecule has 1 saturated heterocycles. The summed E-state index contributed by atoms with van der Waals surface area (Å²) in [5.74, 6) is -0.0671. The topological polar surface area (TPSA) is 49.8 Å². The standard InChI is InChI=1S/C12H21NO3/c14-12(15)5-6-13-7-8-16-9-10-3-1-2-4-11(10)13/h10-11H,1-9H2,(H,14,15)/t10-,11-/m0/s1. The van der Waals surface area contributed by atoms with Crippen LogP contribution >= 0.6 is 0 Å². The monoisotopic (exact) mass is 227 g/mol. The Kier molecular flexibility index (Phi) is 4.18. The van der Waals surface area contributed by atoms with Crippen molar-refractivity contribution >= 4 is 5.97 Å². The van der Waals surface area contributed by atoms with E-state index in [1.807, 2.05) is 0 Å². The third kappa shape index (κ3) is 2.95. The van der Waals surface area contributed by atoms with Gasteiger partial charge in [-0.25, -0.2) is 0 Å². The average molecular weight is 227 g/mol. The van der Waals surface area contributed by atoms with Gasteiger partial charge in [-0.3, -0.25) is 9.69 Å². The summed E-state index contributed by atoms with van der Waals surface area (Å²) in [5, 5.41) is 8.75. The molecule has 16 heavy (non-hydrogen) atoms. The molecule has 0 spiro atoms. The number of fused-ring (bicyclic) bond motifs is 1. The number of ether oxygens (including phenoxy) is 1. The summed E-state index contributed by atoms with van der Waals surface area (Å²) in [4.78, 5) is 13.0. The third-order valence-electron chi connectivity index (χ3n) is 3.81. The van der Waals surface area contributed by atoms with Gasteiger partial charge in [0.15, 0.2) is 0 Å². The number of hydrogen-bond acceptors (Lipinski definition) is 3. The smallest absolute Gasteiger partial charge is 0.304 e. The lowest BCUT2D eigenvalue weighted by atomic mass is 9.84. The lowest BCUT2D eigenvalue weighted by Crippen LogP contribution is -2.43. The second-order valence-electron chi connectivity index (χ2n) is 4.87. The molecule has 1 N–H and O–H groups in total. The largest absolute Gasteiger partial charge is 0.481 e. The van der Waals surface area contributed by atoms with Crippen molar-refractivity contribution in [2.45, 2.75) is 38.1 Å². The normalized spacial score (nSPS) is 31.8. The van der Waals surface area contributed by atoms with Gasteiger partial charge in [0, 0.05) is 19.1 Å². The fraction of sp³-hybridized carbons (Fsp3) is 0.917. The number of rotatable bonds is 3. The summed E-state index contributed by atoms with van der Waals surface area (Å²) >= 11 is 0. The van der Waals surface area contributed by atoms with Crippen LogP contribution in [0.2, 0.25) is 0 Å². The van der Waals surface area contributed by atoms with Gasteiger partial charge in [0.2, 0.25) is 0 Å². The van der Waals surface area contributed by atoms with Crippen LogP contribution < -0.4 is 0 Å². The summed E-state index contributed by atoms with van der Waals surface area (Å²) < 4.78 is 5.61. The van der Waals surface area contributed by atoms with Gasteiger partial charge in [0.1, 0.15) is 0 Å². The third-order valence-corrected chi connectivity index (χ3v) is 3.81. The SMILES string of the molecule is O=C(O)CCN1CCOC[C@@H]2CCCC[C@@H]21. The molecule has 0 aromatic heterocycles. The Morgan fingerprint density at radius 3 is 3.00 bits per heavy atom. The zero-order valence-electron chi connectivity index (χ0n) is 9.73. The lowest BCUT2D eigenvalue weighted by molar-refractivity contribution is -0.137. The molecular weight excluding hydrogens is 206 g/mol. The molecule has 92 valence electrons. The molecule has 0 unspecified atom stereocenters. The van der Waals surface area contributed by atoms with E-state index in [9.17, 15) is 4.79 Å². The molecule has 1 aliphatic carbocycles. The first-order chi connectivity index (χ1) is 7.77. The predicted octanol–water partition coefficient (Wildman–Crippen LogP) is 1.35. The number of nitrogens with zero attached hydrogens (tertiary/aromatic N) is 1. The molecule has 0 bridgehead atoms. The summed E-state index contributed by atoms with van der Waals surface area (Å²) in [5.41, 5.74) is 0. The van der Waals surface area contributed by atoms with Gasteiger partial charge in [-0.2, -0.15) is 0 Å². The fourth-order valence-electron chi connectivity index (χ4n) is 2.96. The van der Waals surface area contributed by atoms with Crippen molar-refractivity contribution in [3.8, 4) is 0 Å². The van der Waals surface area contributed by atoms with E-state index in [-0.39, 0.29) is 6.42 Å². The van der Waals surface area contributed by atoms with E-state index in [4.69, 9.17) is 9.84 Å². The molecule has 0 aromatic carbocycles. The van der Waals surface area contributed by atoms with Crippen LogP contribution in [0.4, 0.5) is 0 Å². The quantitative estimate of drug-likeness (QED) is 0.790. The Labute approximate surface area is 96.6 Å². The second-order valence-corrected chi connectivity index (χ2v) is 4.87. The minimum atomic E-state index is -0.697. The number of carboxylic acid groups (broad SMARTS) is 1. The Hall–Kier alpha value is -0.610. The van der Waals surface area contributed by atoms with Gasteiger partial charge in [-0.1, -0.05) is 12.8 Å². The van der Waals surface area contributed by atoms with E-state index >= 15 is 0 Å². The van der Waals surface area contributed by atoms with Crippen LogP contribution in [0.25, 0.3) is 0 Å². The minimum Gasteiger partial charge on any atom is -0.481 e. The van der Waals surface area contributed by atoms with Gasteiger partial charge in [0.05, 0.1) is 19.6 Å². The van der Waals surface area contributed by atoms with Gasteiger partial charge in [0.25, 0.3) is 0 Å². The van der Waals surface area contributed by atoms with Crippen LogP contribution in [0.15, 0.2) is 0 Å². The first-order valence-corrected chi connectivity index (χ1v) is 6.31. The van der Waals surface area contributed by atoms with Gasteiger partial charge in [-0.05, 0) is 18.8 Å². The zero-order chi connectivity index (χ0) is 11.4. The average Bonchev–Trinajstić information content (AvgIpc) is 2.48. The second kappa shape index (κ2) is 5.64. The van der Waals surface area contributed by atoms with Crippen molar-refractivity contribution in [3.05, 3.63) is 0 Å². The Balaban J connectivity index is 1.94. The summed E-state index contributed by atoms with van der Waals surface area (Å²) in [6, 6.07) is 0.565. The van der Waals surface area contributed by atoms with Gasteiger partial charge in [-0.15, -0.1) is 0 Å². The molecule has 0 radical (unpaired) electrons. The minimum absolute atomic E-state index is 0.253. The van der Waals surface area contributed by atoms with Crippen molar-refractivity contribution in [2.75, 3.05) is 26.3 Å². The summed E-state index contributed by atoms with van der Waals surface area (Å²) in [7, 11) is 0. The molecular formula is C12H21NO3. The maximum atomic E-state index is 10.6. The number of carbonyl (C=O) groups is 1. The number of carboxylic acids is 1. The van der Waals surface area contributed by atoms with Crippen LogP contribution in [0.5, 0.6) is 0 Å². The van der Waals surface area contributed by atoms with E-state index in [1.54, 1.807) is 0 Å². The molecule has 1 saturated carbocycles. The van der Waals surface area contributed by atoms with Crippen LogP contribution in [0.3, 0.4) is 0 Å². The molecule has 2 fully saturated rings. The Morgan fingerprint density at radius 2 is 2.19 bits per heavy atom. The first kappa shape index (κ1) is 11.9. The van der Waals surface area contributed by atoms with E-state index in [0.29, 0.717) is 18.5 Å². The van der Waals surface area contributed by atoms with E-state index in [2.05, 4.69) is 4.90 Å². The number of hydrogen-bond donors (Lipinski definition) is 1. The number of aliphatic carboxylic acids is 1. The highest BCUT2D eigenvalue weighted by molar-refractivity contribution is 5.66. The maximum absolute atomic E-state index is 10.6. The highest BCUT2D eigenvalue weighted by atomic mass is 16.5. The van der Waals surface area contributed by atoms with Gasteiger partial charge < -0.3 is 9.84 Å². The Bertz CT molecular complexity index is 244. The van der Waals surface area contributed by atoms with Crippen LogP contribution in [-0.2, 0) is 9.53 Å². The summed E-state index contributed by atoms with van der Waals surface area (Å²) in [6.45, 7) is 3.20. The molecule has 1 heterocycles. The van der Waals surface area contributed by atoms with Crippen LogP contribution in [0.1, 0.15) is 32.1 Å². The fourth-order valence-corrected chi connectivity index (χ4v) is 2.96. The van der Waals surface area contributed by atoms with E-state index in [0.717, 1.165) is 19.8 Å². The van der Waals surface area contributed by atoms with E-state index < -0.39 is 5.97 Å². The molecule has 2 aliphatic rings. The van der Waals surface area contributed by atoms with Crippen LogP contribution in [-0.4, -0.2) is 48.3 Å². The molecule has 1 aliphatic heterocycles. The van der Waals surface area contributed by atoms with Gasteiger partial charge >= 0.3 is 5.97 Å². The highest BCUT2D eigenvalue weighted by Gasteiger charge is 2.32. The van der Waals surface area contributed by atoms with Crippen molar-refractivity contribution in [1.29, 1.82) is 0 Å².